The minimum Gasteiger partial charge on any atom is -0.343 e. The summed E-state index contributed by atoms with van der Waals surface area (Å²) in [5.74, 6) is 1.64. The van der Waals surface area contributed by atoms with Crippen molar-refractivity contribution in [3.63, 3.8) is 0 Å². The monoisotopic (exact) mass is 327 g/mol. The highest BCUT2D eigenvalue weighted by Crippen LogP contribution is 2.17. The molecule has 2 heterocycles. The van der Waals surface area contributed by atoms with Crippen LogP contribution in [0.25, 0.3) is 10.9 Å². The molecule has 0 spiro atoms. The molecule has 0 N–H and O–H groups in total. The van der Waals surface area contributed by atoms with E-state index in [1.54, 1.807) is 10.6 Å². The van der Waals surface area contributed by atoms with E-state index in [9.17, 15) is 9.59 Å². The summed E-state index contributed by atoms with van der Waals surface area (Å²) in [6.07, 6.45) is 3.36. The summed E-state index contributed by atoms with van der Waals surface area (Å²) < 4.78 is 1.69. The predicted molar refractivity (Wildman–Crippen MR) is 95.0 cm³/mol. The first kappa shape index (κ1) is 16.7. The van der Waals surface area contributed by atoms with Gasteiger partial charge in [0.25, 0.3) is 5.56 Å². The van der Waals surface area contributed by atoms with Gasteiger partial charge in [-0.25, -0.2) is 4.98 Å². The second-order valence-electron chi connectivity index (χ2n) is 6.80. The van der Waals surface area contributed by atoms with Gasteiger partial charge in [0, 0.05) is 26.1 Å². The smallest absolute Gasteiger partial charge is 0.261 e. The molecule has 1 aliphatic rings. The van der Waals surface area contributed by atoms with Crippen LogP contribution in [0, 0.1) is 12.8 Å². The Balaban J connectivity index is 1.64. The first-order valence-corrected chi connectivity index (χ1v) is 8.80. The maximum Gasteiger partial charge on any atom is 0.261 e. The lowest BCUT2D eigenvalue weighted by Gasteiger charge is -2.30. The molecule has 128 valence electrons. The van der Waals surface area contributed by atoms with E-state index in [4.69, 9.17) is 0 Å². The Morgan fingerprint density at radius 3 is 2.71 bits per heavy atom. The molecule has 0 atom stereocenters. The highest BCUT2D eigenvalue weighted by atomic mass is 16.2. The predicted octanol–water partition coefficient (Wildman–Crippen LogP) is 2.74. The van der Waals surface area contributed by atoms with Crippen LogP contribution in [-0.4, -0.2) is 33.4 Å². The Hall–Kier alpha value is -2.17. The highest BCUT2D eigenvalue weighted by Gasteiger charge is 2.19. The van der Waals surface area contributed by atoms with Crippen LogP contribution in [-0.2, 0) is 11.3 Å². The second-order valence-corrected chi connectivity index (χ2v) is 6.80. The van der Waals surface area contributed by atoms with Gasteiger partial charge in [-0.2, -0.15) is 0 Å². The third kappa shape index (κ3) is 3.50. The van der Waals surface area contributed by atoms with Gasteiger partial charge in [0.1, 0.15) is 5.82 Å². The van der Waals surface area contributed by atoms with E-state index in [1.807, 2.05) is 30.0 Å². The van der Waals surface area contributed by atoms with Crippen molar-refractivity contribution in [3.8, 4) is 0 Å². The van der Waals surface area contributed by atoms with Crippen LogP contribution in [0.3, 0.4) is 0 Å². The maximum absolute atomic E-state index is 12.6. The molecule has 1 aromatic heterocycles. The molecule has 0 radical (unpaired) electrons. The van der Waals surface area contributed by atoms with Gasteiger partial charge in [-0.3, -0.25) is 14.2 Å². The van der Waals surface area contributed by atoms with Gasteiger partial charge in [0.05, 0.1) is 10.9 Å². The number of amides is 1. The van der Waals surface area contributed by atoms with Crippen LogP contribution < -0.4 is 5.56 Å². The van der Waals surface area contributed by atoms with Crippen LogP contribution in [0.1, 0.15) is 38.4 Å². The molecule has 1 fully saturated rings. The summed E-state index contributed by atoms with van der Waals surface area (Å²) in [4.78, 5) is 31.4. The summed E-state index contributed by atoms with van der Waals surface area (Å²) in [6, 6.07) is 7.40. The molecule has 2 aromatic rings. The first-order chi connectivity index (χ1) is 11.6. The minimum absolute atomic E-state index is 0.0163. The molecule has 1 amide bonds. The molecular weight excluding hydrogens is 302 g/mol. The number of carbonyl (C=O) groups excluding carboxylic acids is 1. The number of carbonyl (C=O) groups is 1. The molecule has 1 saturated heterocycles. The molecule has 0 unspecified atom stereocenters. The molecule has 1 aliphatic heterocycles. The fourth-order valence-electron chi connectivity index (χ4n) is 3.35. The van der Waals surface area contributed by atoms with Crippen molar-refractivity contribution in [2.45, 2.75) is 46.1 Å². The Bertz CT molecular complexity index is 789. The Morgan fingerprint density at radius 2 is 1.96 bits per heavy atom. The number of aryl methyl sites for hydroxylation is 1. The fourth-order valence-corrected chi connectivity index (χ4v) is 3.35. The summed E-state index contributed by atoms with van der Waals surface area (Å²) in [5.41, 5.74) is 0.715. The normalized spacial score (nSPS) is 15.8. The number of likely N-dealkylation sites (tertiary alicyclic amines) is 1. The van der Waals surface area contributed by atoms with Crippen LogP contribution in [0.15, 0.2) is 29.1 Å². The van der Waals surface area contributed by atoms with Crippen LogP contribution >= 0.6 is 0 Å². The van der Waals surface area contributed by atoms with E-state index in [2.05, 4.69) is 11.9 Å². The number of hydrogen-bond donors (Lipinski definition) is 0. The number of aromatic nitrogens is 2. The molecule has 0 saturated carbocycles. The number of fused-ring (bicyclic) bond motifs is 1. The third-order valence-electron chi connectivity index (χ3n) is 4.96. The number of piperidine rings is 1. The zero-order chi connectivity index (χ0) is 17.1. The van der Waals surface area contributed by atoms with E-state index < -0.39 is 0 Å². The van der Waals surface area contributed by atoms with Crippen molar-refractivity contribution < 1.29 is 4.79 Å². The first-order valence-electron chi connectivity index (χ1n) is 8.80. The van der Waals surface area contributed by atoms with E-state index in [-0.39, 0.29) is 11.5 Å². The molecule has 24 heavy (non-hydrogen) atoms. The van der Waals surface area contributed by atoms with Crippen LogP contribution in [0.5, 0.6) is 0 Å². The Morgan fingerprint density at radius 1 is 1.25 bits per heavy atom. The second kappa shape index (κ2) is 7.16. The summed E-state index contributed by atoms with van der Waals surface area (Å²) >= 11 is 0. The number of rotatable bonds is 4. The molecule has 3 rings (SSSR count). The molecule has 0 aliphatic carbocycles. The fraction of sp³-hybridized carbons (Fsp3) is 0.526. The van der Waals surface area contributed by atoms with Crippen molar-refractivity contribution in [2.24, 2.45) is 5.92 Å². The topological polar surface area (TPSA) is 55.2 Å². The van der Waals surface area contributed by atoms with E-state index in [0.717, 1.165) is 37.4 Å². The SMILES string of the molecule is Cc1nc2ccccc2c(=O)n1CCCC(=O)N1CCC(C)CC1. The average molecular weight is 327 g/mol. The van der Waals surface area contributed by atoms with Gasteiger partial charge < -0.3 is 4.90 Å². The molecule has 0 bridgehead atoms. The number of hydrogen-bond acceptors (Lipinski definition) is 3. The number of nitrogens with zero attached hydrogens (tertiary/aromatic N) is 3. The van der Waals surface area contributed by atoms with Gasteiger partial charge in [-0.1, -0.05) is 19.1 Å². The quantitative estimate of drug-likeness (QED) is 0.867. The summed E-state index contributed by atoms with van der Waals surface area (Å²) in [7, 11) is 0. The Kier molecular flexibility index (Phi) is 4.97. The van der Waals surface area contributed by atoms with Gasteiger partial charge in [0.2, 0.25) is 5.91 Å². The molecule has 5 nitrogen and oxygen atoms in total. The van der Waals surface area contributed by atoms with Crippen molar-refractivity contribution in [1.29, 1.82) is 0 Å². The molecule has 1 aromatic carbocycles. The lowest BCUT2D eigenvalue weighted by atomic mass is 9.99. The van der Waals surface area contributed by atoms with E-state index in [1.165, 1.54) is 0 Å². The summed E-state index contributed by atoms with van der Waals surface area (Å²) in [5, 5.41) is 0.638. The van der Waals surface area contributed by atoms with Crippen LogP contribution in [0.2, 0.25) is 0 Å². The maximum atomic E-state index is 12.6. The van der Waals surface area contributed by atoms with Gasteiger partial charge >= 0.3 is 0 Å². The Labute approximate surface area is 142 Å². The number of benzene rings is 1. The van der Waals surface area contributed by atoms with Crippen molar-refractivity contribution in [2.75, 3.05) is 13.1 Å². The largest absolute Gasteiger partial charge is 0.343 e. The number of para-hydroxylation sites is 1. The van der Waals surface area contributed by atoms with Crippen molar-refractivity contribution >= 4 is 16.8 Å². The average Bonchev–Trinajstić information content (AvgIpc) is 2.58. The molecular formula is C19H25N3O2. The van der Waals surface area contributed by atoms with Gasteiger partial charge in [-0.05, 0) is 44.2 Å². The highest BCUT2D eigenvalue weighted by molar-refractivity contribution is 5.77. The minimum atomic E-state index is -0.0163. The van der Waals surface area contributed by atoms with Crippen molar-refractivity contribution in [3.05, 3.63) is 40.4 Å². The van der Waals surface area contributed by atoms with E-state index >= 15 is 0 Å². The lowest BCUT2D eigenvalue weighted by Crippen LogP contribution is -2.38. The standard InChI is InChI=1S/C19H25N3O2/c1-14-9-12-21(13-10-14)18(23)8-5-11-22-15(2)20-17-7-4-3-6-16(17)19(22)24/h3-4,6-7,14H,5,8-13H2,1-2H3. The van der Waals surface area contributed by atoms with E-state index in [0.29, 0.717) is 30.6 Å². The third-order valence-corrected chi connectivity index (χ3v) is 4.96. The molecule has 5 heteroatoms. The zero-order valence-corrected chi connectivity index (χ0v) is 14.5. The van der Waals surface area contributed by atoms with Gasteiger partial charge in [0.15, 0.2) is 0 Å². The van der Waals surface area contributed by atoms with Gasteiger partial charge in [-0.15, -0.1) is 0 Å². The summed E-state index contributed by atoms with van der Waals surface area (Å²) in [6.45, 7) is 6.37. The zero-order valence-electron chi connectivity index (χ0n) is 14.5. The lowest BCUT2D eigenvalue weighted by molar-refractivity contribution is -0.132. The van der Waals surface area contributed by atoms with Crippen molar-refractivity contribution in [1.82, 2.24) is 14.5 Å². The van der Waals surface area contributed by atoms with Crippen LogP contribution in [0.4, 0.5) is 0 Å².